The molecule has 1 N–H and O–H groups in total. The lowest BCUT2D eigenvalue weighted by Crippen LogP contribution is -2.39. The number of carbonyl (C=O) groups is 1. The van der Waals surface area contributed by atoms with Gasteiger partial charge in [-0.2, -0.15) is 5.10 Å². The van der Waals surface area contributed by atoms with Crippen LogP contribution in [0.25, 0.3) is 0 Å². The van der Waals surface area contributed by atoms with Gasteiger partial charge >= 0.3 is 0 Å². The highest BCUT2D eigenvalue weighted by molar-refractivity contribution is 7.92. The number of nitrogens with zero attached hydrogens (tertiary/aromatic N) is 2. The highest BCUT2D eigenvalue weighted by Crippen LogP contribution is 2.23. The van der Waals surface area contributed by atoms with Gasteiger partial charge in [0.05, 0.1) is 18.2 Å². The van der Waals surface area contributed by atoms with Crippen LogP contribution in [0.1, 0.15) is 22.3 Å². The molecule has 0 saturated carbocycles. The van der Waals surface area contributed by atoms with E-state index in [1.54, 1.807) is 6.07 Å². The van der Waals surface area contributed by atoms with Gasteiger partial charge < -0.3 is 4.74 Å². The third-order valence-electron chi connectivity index (χ3n) is 4.84. The number of ether oxygens (including phenoxy) is 1. The number of nitrogens with one attached hydrogen (secondary N) is 1. The Morgan fingerprint density at radius 3 is 2.36 bits per heavy atom. The third kappa shape index (κ3) is 7.18. The van der Waals surface area contributed by atoms with Crippen LogP contribution in [-0.2, 0) is 21.4 Å². The predicted molar refractivity (Wildman–Crippen MR) is 131 cm³/mol. The molecule has 0 saturated heterocycles. The molecule has 3 aromatic rings. The Balaban J connectivity index is 1.57. The van der Waals surface area contributed by atoms with Crippen molar-refractivity contribution in [2.75, 3.05) is 17.1 Å². The van der Waals surface area contributed by atoms with Gasteiger partial charge in [0.15, 0.2) is 0 Å². The molecule has 8 heteroatoms. The van der Waals surface area contributed by atoms with Crippen LogP contribution in [0.4, 0.5) is 5.69 Å². The van der Waals surface area contributed by atoms with E-state index in [1.807, 2.05) is 80.6 Å². The molecule has 0 aliphatic rings. The topological polar surface area (TPSA) is 88.1 Å². The van der Waals surface area contributed by atoms with Gasteiger partial charge in [0.25, 0.3) is 5.91 Å². The van der Waals surface area contributed by atoms with Crippen LogP contribution < -0.4 is 14.5 Å². The lowest BCUT2D eigenvalue weighted by molar-refractivity contribution is -0.119. The number of benzene rings is 3. The molecule has 0 heterocycles. The smallest absolute Gasteiger partial charge is 0.260 e. The van der Waals surface area contributed by atoms with Crippen LogP contribution in [0.2, 0.25) is 0 Å². The van der Waals surface area contributed by atoms with Crippen LogP contribution in [-0.4, -0.2) is 33.3 Å². The first-order valence-corrected chi connectivity index (χ1v) is 12.2. The summed E-state index contributed by atoms with van der Waals surface area (Å²) in [5.74, 6) is 0.178. The molecule has 0 aliphatic carbocycles. The molecule has 0 aromatic heterocycles. The molecular formula is C25H27N3O4S. The molecule has 1 amide bonds. The molecule has 3 rings (SSSR count). The first kappa shape index (κ1) is 24.0. The first-order valence-electron chi connectivity index (χ1n) is 10.4. The maximum atomic E-state index is 12.4. The maximum Gasteiger partial charge on any atom is 0.260 e. The van der Waals surface area contributed by atoms with Gasteiger partial charge in [0.1, 0.15) is 18.9 Å². The summed E-state index contributed by atoms with van der Waals surface area (Å²) >= 11 is 0. The quantitative estimate of drug-likeness (QED) is 0.385. The van der Waals surface area contributed by atoms with Gasteiger partial charge in [-0.25, -0.2) is 13.8 Å². The van der Waals surface area contributed by atoms with E-state index in [9.17, 15) is 13.2 Å². The van der Waals surface area contributed by atoms with Crippen molar-refractivity contribution in [2.45, 2.75) is 20.5 Å². The van der Waals surface area contributed by atoms with Crippen LogP contribution >= 0.6 is 0 Å². The second-order valence-electron chi connectivity index (χ2n) is 7.70. The minimum atomic E-state index is -3.65. The van der Waals surface area contributed by atoms with Crippen molar-refractivity contribution in [3.63, 3.8) is 0 Å². The van der Waals surface area contributed by atoms with Crippen LogP contribution in [0, 0.1) is 13.8 Å². The third-order valence-corrected chi connectivity index (χ3v) is 5.97. The predicted octanol–water partition coefficient (Wildman–Crippen LogP) is 3.80. The molecule has 0 radical (unpaired) electrons. The Morgan fingerprint density at radius 2 is 1.73 bits per heavy atom. The Bertz CT molecular complexity index is 1220. The molecule has 0 aliphatic heterocycles. The van der Waals surface area contributed by atoms with Crippen LogP contribution in [0.15, 0.2) is 77.9 Å². The van der Waals surface area contributed by atoms with Crippen molar-refractivity contribution < 1.29 is 17.9 Å². The standard InChI is InChI=1S/C25H27N3O4S/c1-19-9-14-24(20(2)15-19)28(33(3,30)31)17-25(29)27-26-16-21-10-12-23(13-11-21)32-18-22-7-5-4-6-8-22/h4-16H,17-18H2,1-3H3,(H,27,29)/b26-16-. The largest absolute Gasteiger partial charge is 0.489 e. The van der Waals surface area contributed by atoms with E-state index in [2.05, 4.69) is 10.5 Å². The maximum absolute atomic E-state index is 12.4. The van der Waals surface area contributed by atoms with E-state index in [4.69, 9.17) is 4.74 Å². The first-order chi connectivity index (χ1) is 15.7. The van der Waals surface area contributed by atoms with Gasteiger partial charge in [-0.05, 0) is 60.9 Å². The fraction of sp³-hybridized carbons (Fsp3) is 0.200. The second-order valence-corrected chi connectivity index (χ2v) is 9.60. The van der Waals surface area contributed by atoms with E-state index in [0.29, 0.717) is 12.3 Å². The number of carbonyl (C=O) groups excluding carboxylic acids is 1. The second kappa shape index (κ2) is 10.8. The molecule has 0 spiro atoms. The summed E-state index contributed by atoms with van der Waals surface area (Å²) < 4.78 is 31.4. The average Bonchev–Trinajstić information content (AvgIpc) is 2.77. The van der Waals surface area contributed by atoms with Crippen LogP contribution in [0.5, 0.6) is 5.75 Å². The summed E-state index contributed by atoms with van der Waals surface area (Å²) in [6.45, 7) is 3.84. The van der Waals surface area contributed by atoms with Gasteiger partial charge in [-0.15, -0.1) is 0 Å². The van der Waals surface area contributed by atoms with Gasteiger partial charge in [-0.1, -0.05) is 48.0 Å². The molecular weight excluding hydrogens is 438 g/mol. The number of anilines is 1. The van der Waals surface area contributed by atoms with E-state index >= 15 is 0 Å². The van der Waals surface area contributed by atoms with E-state index in [1.165, 1.54) is 6.21 Å². The van der Waals surface area contributed by atoms with Crippen molar-refractivity contribution in [3.8, 4) is 5.75 Å². The summed E-state index contributed by atoms with van der Waals surface area (Å²) in [7, 11) is -3.65. The Kier molecular flexibility index (Phi) is 7.84. The van der Waals surface area contributed by atoms with Crippen molar-refractivity contribution in [1.29, 1.82) is 0 Å². The molecule has 7 nitrogen and oxygen atoms in total. The molecule has 0 fully saturated rings. The van der Waals surface area contributed by atoms with E-state index in [-0.39, 0.29) is 6.54 Å². The highest BCUT2D eigenvalue weighted by atomic mass is 32.2. The average molecular weight is 466 g/mol. The summed E-state index contributed by atoms with van der Waals surface area (Å²) in [5, 5.41) is 3.94. The number of hydrogen-bond donors (Lipinski definition) is 1. The fourth-order valence-electron chi connectivity index (χ4n) is 3.20. The molecule has 0 bridgehead atoms. The minimum absolute atomic E-state index is 0.369. The Labute approximate surface area is 194 Å². The number of sulfonamides is 1. The van der Waals surface area contributed by atoms with E-state index in [0.717, 1.165) is 38.6 Å². The van der Waals surface area contributed by atoms with E-state index < -0.39 is 15.9 Å². The van der Waals surface area contributed by atoms with Crippen LogP contribution in [0.3, 0.4) is 0 Å². The van der Waals surface area contributed by atoms with Crippen molar-refractivity contribution in [1.82, 2.24) is 5.43 Å². The molecule has 0 unspecified atom stereocenters. The summed E-state index contributed by atoms with van der Waals surface area (Å²) in [4.78, 5) is 12.4. The zero-order chi connectivity index (χ0) is 23.8. The minimum Gasteiger partial charge on any atom is -0.489 e. The fourth-order valence-corrected chi connectivity index (χ4v) is 4.12. The number of rotatable bonds is 9. The van der Waals surface area contributed by atoms with Crippen molar-refractivity contribution in [2.24, 2.45) is 5.10 Å². The Hall–Kier alpha value is -3.65. The SMILES string of the molecule is Cc1ccc(N(CC(=O)N/N=C\c2ccc(OCc3ccccc3)cc2)S(C)(=O)=O)c(C)c1. The number of hydrazone groups is 1. The number of hydrogen-bond acceptors (Lipinski definition) is 5. The summed E-state index contributed by atoms with van der Waals surface area (Å²) in [5.41, 5.74) is 6.47. The normalized spacial score (nSPS) is 11.4. The van der Waals surface area contributed by atoms with Crippen molar-refractivity contribution >= 4 is 27.8 Å². The lowest BCUT2D eigenvalue weighted by Gasteiger charge is -2.23. The number of aryl methyl sites for hydroxylation is 2. The molecule has 172 valence electrons. The molecule has 33 heavy (non-hydrogen) atoms. The summed E-state index contributed by atoms with van der Waals surface area (Å²) in [6.07, 6.45) is 2.56. The molecule has 3 aromatic carbocycles. The van der Waals surface area contributed by atoms with Gasteiger partial charge in [-0.3, -0.25) is 9.10 Å². The zero-order valence-electron chi connectivity index (χ0n) is 18.9. The highest BCUT2D eigenvalue weighted by Gasteiger charge is 2.22. The Morgan fingerprint density at radius 1 is 1.03 bits per heavy atom. The summed E-state index contributed by atoms with van der Waals surface area (Å²) in [6, 6.07) is 22.5. The number of amides is 1. The monoisotopic (exact) mass is 465 g/mol. The van der Waals surface area contributed by atoms with Gasteiger partial charge in [0, 0.05) is 0 Å². The zero-order valence-corrected chi connectivity index (χ0v) is 19.7. The lowest BCUT2D eigenvalue weighted by atomic mass is 10.1. The van der Waals surface area contributed by atoms with Gasteiger partial charge in [0.2, 0.25) is 10.0 Å². The molecule has 0 atom stereocenters. The van der Waals surface area contributed by atoms with Crippen molar-refractivity contribution in [3.05, 3.63) is 95.1 Å².